The minimum absolute atomic E-state index is 0.000793. The Morgan fingerprint density at radius 2 is 2.27 bits per heavy atom. The highest BCUT2D eigenvalue weighted by molar-refractivity contribution is 5.84. The zero-order valence-electron chi connectivity index (χ0n) is 9.86. The van der Waals surface area contributed by atoms with Gasteiger partial charge in [0.1, 0.15) is 0 Å². The van der Waals surface area contributed by atoms with Crippen molar-refractivity contribution in [1.82, 2.24) is 15.1 Å². The summed E-state index contributed by atoms with van der Waals surface area (Å²) >= 11 is 0. The summed E-state index contributed by atoms with van der Waals surface area (Å²) in [6, 6.07) is 0.422. The number of carbonyl (C=O) groups excluding carboxylic acids is 1. The van der Waals surface area contributed by atoms with Gasteiger partial charge >= 0.3 is 0 Å². The van der Waals surface area contributed by atoms with Crippen molar-refractivity contribution in [2.24, 2.45) is 0 Å². The van der Waals surface area contributed by atoms with Crippen LogP contribution in [0.15, 0.2) is 0 Å². The van der Waals surface area contributed by atoms with E-state index in [0.29, 0.717) is 6.04 Å². The van der Waals surface area contributed by atoms with Crippen LogP contribution in [0.2, 0.25) is 0 Å². The molecule has 2 aliphatic heterocycles. The number of amides is 1. The molecule has 0 saturated carbocycles. The van der Waals surface area contributed by atoms with E-state index in [-0.39, 0.29) is 18.1 Å². The largest absolute Gasteiger partial charge is 0.321 e. The molecule has 3 atom stereocenters. The van der Waals surface area contributed by atoms with Crippen LogP contribution < -0.4 is 5.32 Å². The van der Waals surface area contributed by atoms with Crippen molar-refractivity contribution in [1.29, 1.82) is 0 Å². The zero-order valence-corrected chi connectivity index (χ0v) is 9.86. The lowest BCUT2D eigenvalue weighted by atomic mass is 10.2. The highest BCUT2D eigenvalue weighted by atomic mass is 16.2. The Kier molecular flexibility index (Phi) is 2.98. The van der Waals surface area contributed by atoms with E-state index in [1.807, 2.05) is 6.92 Å². The van der Waals surface area contributed by atoms with Crippen LogP contribution in [-0.2, 0) is 4.79 Å². The molecule has 3 unspecified atom stereocenters. The summed E-state index contributed by atoms with van der Waals surface area (Å²) < 4.78 is 0. The molecule has 1 amide bonds. The highest BCUT2D eigenvalue weighted by Crippen LogP contribution is 2.22. The molecule has 4 nitrogen and oxygen atoms in total. The van der Waals surface area contributed by atoms with Gasteiger partial charge in [-0.15, -0.1) is 0 Å². The summed E-state index contributed by atoms with van der Waals surface area (Å²) in [4.78, 5) is 16.4. The quantitative estimate of drug-likeness (QED) is 0.711. The third kappa shape index (κ3) is 1.88. The third-order valence-corrected chi connectivity index (χ3v) is 3.55. The molecule has 0 aromatic carbocycles. The minimum Gasteiger partial charge on any atom is -0.321 e. The van der Waals surface area contributed by atoms with Crippen LogP contribution in [0, 0.1) is 0 Å². The van der Waals surface area contributed by atoms with Crippen molar-refractivity contribution in [3.8, 4) is 0 Å². The van der Waals surface area contributed by atoms with E-state index in [0.717, 1.165) is 25.9 Å². The molecule has 0 aromatic heterocycles. The molecule has 0 spiro atoms. The molecule has 0 bridgehead atoms. The van der Waals surface area contributed by atoms with Crippen molar-refractivity contribution in [3.63, 3.8) is 0 Å². The lowest BCUT2D eigenvalue weighted by molar-refractivity contribution is -0.131. The SMILES string of the molecule is CCC1NC(C)C(=O)N1C1CCN(C)C1. The van der Waals surface area contributed by atoms with Crippen LogP contribution in [0.1, 0.15) is 26.7 Å². The van der Waals surface area contributed by atoms with Gasteiger partial charge in [0.25, 0.3) is 0 Å². The first-order valence-electron chi connectivity index (χ1n) is 5.90. The molecule has 0 aliphatic carbocycles. The Morgan fingerprint density at radius 1 is 1.53 bits per heavy atom. The number of nitrogens with one attached hydrogen (secondary N) is 1. The maximum absolute atomic E-state index is 12.0. The molecule has 15 heavy (non-hydrogen) atoms. The molecule has 0 radical (unpaired) electrons. The Balaban J connectivity index is 2.08. The smallest absolute Gasteiger partial charge is 0.241 e. The van der Waals surface area contributed by atoms with E-state index in [1.54, 1.807) is 0 Å². The molecule has 2 saturated heterocycles. The second-order valence-corrected chi connectivity index (χ2v) is 4.76. The summed E-state index contributed by atoms with van der Waals surface area (Å²) in [5.74, 6) is 0.280. The number of hydrogen-bond acceptors (Lipinski definition) is 3. The topological polar surface area (TPSA) is 35.6 Å². The normalized spacial score (nSPS) is 37.9. The van der Waals surface area contributed by atoms with Gasteiger partial charge in [0.05, 0.1) is 12.2 Å². The fourth-order valence-corrected chi connectivity index (χ4v) is 2.71. The minimum atomic E-state index is 0.000793. The number of likely N-dealkylation sites (N-methyl/N-ethyl adjacent to an activating group) is 1. The summed E-state index contributed by atoms with van der Waals surface area (Å²) in [6.07, 6.45) is 2.37. The predicted molar refractivity (Wildman–Crippen MR) is 59.4 cm³/mol. The van der Waals surface area contributed by atoms with E-state index < -0.39 is 0 Å². The van der Waals surface area contributed by atoms with Crippen LogP contribution in [0.3, 0.4) is 0 Å². The van der Waals surface area contributed by atoms with E-state index in [9.17, 15) is 4.79 Å². The lowest BCUT2D eigenvalue weighted by Gasteiger charge is -2.29. The number of rotatable bonds is 2. The standard InChI is InChI=1S/C11H21N3O/c1-4-10-12-8(2)11(15)14(10)9-5-6-13(3)7-9/h8-10,12H,4-7H2,1-3H3. The molecule has 2 fully saturated rings. The fourth-order valence-electron chi connectivity index (χ4n) is 2.71. The van der Waals surface area contributed by atoms with Gasteiger partial charge in [-0.05, 0) is 33.4 Å². The molecule has 4 heteroatoms. The average molecular weight is 211 g/mol. The van der Waals surface area contributed by atoms with E-state index in [4.69, 9.17) is 0 Å². The van der Waals surface area contributed by atoms with Crippen LogP contribution in [0.4, 0.5) is 0 Å². The Hall–Kier alpha value is -0.610. The first kappa shape index (κ1) is 10.9. The second kappa shape index (κ2) is 4.10. The Bertz CT molecular complexity index is 256. The third-order valence-electron chi connectivity index (χ3n) is 3.55. The number of hydrogen-bond donors (Lipinski definition) is 1. The van der Waals surface area contributed by atoms with Gasteiger partial charge in [0.15, 0.2) is 0 Å². The Morgan fingerprint density at radius 3 is 2.80 bits per heavy atom. The van der Waals surface area contributed by atoms with Crippen molar-refractivity contribution < 1.29 is 4.79 Å². The zero-order chi connectivity index (χ0) is 11.0. The van der Waals surface area contributed by atoms with Gasteiger partial charge in [0.2, 0.25) is 5.91 Å². The van der Waals surface area contributed by atoms with Crippen LogP contribution >= 0.6 is 0 Å². The first-order chi connectivity index (χ1) is 7.13. The van der Waals surface area contributed by atoms with Crippen LogP contribution in [0.25, 0.3) is 0 Å². The molecular formula is C11H21N3O. The van der Waals surface area contributed by atoms with Gasteiger partial charge in [-0.1, -0.05) is 6.92 Å². The molecule has 86 valence electrons. The van der Waals surface area contributed by atoms with Crippen LogP contribution in [-0.4, -0.2) is 54.1 Å². The van der Waals surface area contributed by atoms with E-state index >= 15 is 0 Å². The Labute approximate surface area is 91.6 Å². The van der Waals surface area contributed by atoms with Crippen molar-refractivity contribution in [2.45, 2.75) is 44.9 Å². The second-order valence-electron chi connectivity index (χ2n) is 4.76. The fraction of sp³-hybridized carbons (Fsp3) is 0.909. The van der Waals surface area contributed by atoms with Gasteiger partial charge in [-0.3, -0.25) is 10.1 Å². The summed E-state index contributed by atoms with van der Waals surface area (Å²) in [7, 11) is 2.12. The lowest BCUT2D eigenvalue weighted by Crippen LogP contribution is -2.45. The number of likely N-dealkylation sites (tertiary alicyclic amines) is 1. The maximum atomic E-state index is 12.0. The molecule has 2 heterocycles. The monoisotopic (exact) mass is 211 g/mol. The number of nitrogens with zero attached hydrogens (tertiary/aromatic N) is 2. The summed E-state index contributed by atoms with van der Waals surface area (Å²) in [5, 5.41) is 3.35. The van der Waals surface area contributed by atoms with Crippen molar-refractivity contribution >= 4 is 5.91 Å². The molecule has 2 aliphatic rings. The van der Waals surface area contributed by atoms with Gasteiger partial charge in [-0.2, -0.15) is 0 Å². The van der Waals surface area contributed by atoms with Gasteiger partial charge in [0, 0.05) is 12.6 Å². The van der Waals surface area contributed by atoms with Gasteiger partial charge < -0.3 is 9.80 Å². The first-order valence-corrected chi connectivity index (χ1v) is 5.90. The molecule has 0 aromatic rings. The van der Waals surface area contributed by atoms with Crippen molar-refractivity contribution in [2.75, 3.05) is 20.1 Å². The average Bonchev–Trinajstić information content (AvgIpc) is 2.73. The maximum Gasteiger partial charge on any atom is 0.241 e. The van der Waals surface area contributed by atoms with Crippen LogP contribution in [0.5, 0.6) is 0 Å². The summed E-state index contributed by atoms with van der Waals surface area (Å²) in [6.45, 7) is 6.23. The molecular weight excluding hydrogens is 190 g/mol. The predicted octanol–water partition coefficient (Wildman–Crippen LogP) is 0.247. The molecule has 2 rings (SSSR count). The summed E-state index contributed by atoms with van der Waals surface area (Å²) in [5.41, 5.74) is 0. The van der Waals surface area contributed by atoms with E-state index in [2.05, 4.69) is 29.1 Å². The van der Waals surface area contributed by atoms with Gasteiger partial charge in [-0.25, -0.2) is 0 Å². The molecule has 1 N–H and O–H groups in total. The van der Waals surface area contributed by atoms with E-state index in [1.165, 1.54) is 0 Å². The van der Waals surface area contributed by atoms with Crippen molar-refractivity contribution in [3.05, 3.63) is 0 Å². The number of carbonyl (C=O) groups is 1. The highest BCUT2D eigenvalue weighted by Gasteiger charge is 2.40.